The van der Waals surface area contributed by atoms with E-state index in [1.165, 1.54) is 12.1 Å². The molecule has 0 fully saturated rings. The van der Waals surface area contributed by atoms with Gasteiger partial charge in [0.25, 0.3) is 0 Å². The van der Waals surface area contributed by atoms with Crippen LogP contribution in [0.1, 0.15) is 28.7 Å². The molecule has 0 heterocycles. The van der Waals surface area contributed by atoms with E-state index < -0.39 is 17.7 Å². The standard InChI is InChI=1S/C26H24F3NO4/c27-26(28,29)21-11-9-19(10-12-21)22-8-4-7-20(15-24(31)32)23(22)16-30-14-13-25(33)34-17-18-5-2-1-3-6-18/h1-12,30H,13-17H2,(H,31,32). The van der Waals surface area contributed by atoms with Crippen LogP contribution in [0, 0.1) is 0 Å². The number of hydrogen-bond donors (Lipinski definition) is 2. The molecular formula is C26H24F3NO4. The molecule has 0 atom stereocenters. The van der Waals surface area contributed by atoms with Crippen molar-refractivity contribution in [1.29, 1.82) is 0 Å². The summed E-state index contributed by atoms with van der Waals surface area (Å²) in [5.74, 6) is -1.39. The second-order valence-electron chi connectivity index (χ2n) is 7.66. The van der Waals surface area contributed by atoms with Gasteiger partial charge in [0.2, 0.25) is 0 Å². The van der Waals surface area contributed by atoms with Crippen molar-refractivity contribution in [2.75, 3.05) is 6.54 Å². The van der Waals surface area contributed by atoms with E-state index in [0.29, 0.717) is 28.8 Å². The Labute approximate surface area is 195 Å². The molecular weight excluding hydrogens is 447 g/mol. The SMILES string of the molecule is O=C(O)Cc1cccc(-c2ccc(C(F)(F)F)cc2)c1CNCCC(=O)OCc1ccccc1. The van der Waals surface area contributed by atoms with Crippen molar-refractivity contribution in [3.8, 4) is 11.1 Å². The van der Waals surface area contributed by atoms with Gasteiger partial charge in [-0.05, 0) is 39.9 Å². The molecule has 2 N–H and O–H groups in total. The minimum absolute atomic E-state index is 0.115. The van der Waals surface area contributed by atoms with E-state index in [1.807, 2.05) is 30.3 Å². The summed E-state index contributed by atoms with van der Waals surface area (Å²) in [5.41, 5.74) is 2.50. The summed E-state index contributed by atoms with van der Waals surface area (Å²) >= 11 is 0. The monoisotopic (exact) mass is 471 g/mol. The number of esters is 1. The minimum atomic E-state index is -4.44. The lowest BCUT2D eigenvalue weighted by molar-refractivity contribution is -0.145. The topological polar surface area (TPSA) is 75.6 Å². The molecule has 0 aliphatic rings. The Balaban J connectivity index is 1.67. The number of aliphatic carboxylic acids is 1. The number of alkyl halides is 3. The van der Waals surface area contributed by atoms with Crippen molar-refractivity contribution in [3.63, 3.8) is 0 Å². The first-order chi connectivity index (χ1) is 16.2. The molecule has 0 saturated carbocycles. The van der Waals surface area contributed by atoms with E-state index in [0.717, 1.165) is 17.7 Å². The number of carbonyl (C=O) groups is 2. The van der Waals surface area contributed by atoms with Crippen LogP contribution in [0.2, 0.25) is 0 Å². The van der Waals surface area contributed by atoms with Crippen molar-refractivity contribution in [2.24, 2.45) is 0 Å². The predicted molar refractivity (Wildman–Crippen MR) is 121 cm³/mol. The van der Waals surface area contributed by atoms with Crippen LogP contribution < -0.4 is 5.32 Å². The highest BCUT2D eigenvalue weighted by Gasteiger charge is 2.30. The molecule has 0 aliphatic heterocycles. The summed E-state index contributed by atoms with van der Waals surface area (Å²) in [6.45, 7) is 0.715. The van der Waals surface area contributed by atoms with Crippen molar-refractivity contribution in [2.45, 2.75) is 32.2 Å². The molecule has 5 nitrogen and oxygen atoms in total. The molecule has 3 rings (SSSR count). The normalized spacial score (nSPS) is 11.3. The summed E-state index contributed by atoms with van der Waals surface area (Å²) < 4.78 is 44.0. The number of carboxylic acid groups (broad SMARTS) is 1. The zero-order chi connectivity index (χ0) is 24.6. The van der Waals surface area contributed by atoms with Gasteiger partial charge in [-0.25, -0.2) is 0 Å². The van der Waals surface area contributed by atoms with Crippen molar-refractivity contribution in [3.05, 3.63) is 95.1 Å². The van der Waals surface area contributed by atoms with Crippen LogP contribution in [0.3, 0.4) is 0 Å². The van der Waals surface area contributed by atoms with Gasteiger partial charge in [-0.3, -0.25) is 9.59 Å². The Kier molecular flexibility index (Phi) is 8.43. The zero-order valence-corrected chi connectivity index (χ0v) is 18.3. The Hall–Kier alpha value is -3.65. The van der Waals surface area contributed by atoms with Gasteiger partial charge < -0.3 is 15.2 Å². The summed E-state index contributed by atoms with van der Waals surface area (Å²) in [6, 6.07) is 19.1. The highest BCUT2D eigenvalue weighted by atomic mass is 19.4. The van der Waals surface area contributed by atoms with Gasteiger partial charge in [0.05, 0.1) is 18.4 Å². The Morgan fingerprint density at radius 1 is 0.912 bits per heavy atom. The Morgan fingerprint density at radius 3 is 2.26 bits per heavy atom. The number of halogens is 3. The summed E-state index contributed by atoms with van der Waals surface area (Å²) in [4.78, 5) is 23.3. The molecule has 0 radical (unpaired) electrons. The third-order valence-corrected chi connectivity index (χ3v) is 5.19. The molecule has 0 unspecified atom stereocenters. The third-order valence-electron chi connectivity index (χ3n) is 5.19. The lowest BCUT2D eigenvalue weighted by Crippen LogP contribution is -2.20. The molecule has 0 amide bonds. The number of rotatable bonds is 10. The lowest BCUT2D eigenvalue weighted by Gasteiger charge is -2.16. The van der Waals surface area contributed by atoms with E-state index >= 15 is 0 Å². The molecule has 34 heavy (non-hydrogen) atoms. The fourth-order valence-electron chi connectivity index (χ4n) is 3.50. The van der Waals surface area contributed by atoms with Crippen molar-refractivity contribution >= 4 is 11.9 Å². The molecule has 0 saturated heterocycles. The van der Waals surface area contributed by atoms with Gasteiger partial charge in [0.1, 0.15) is 6.61 Å². The lowest BCUT2D eigenvalue weighted by atomic mass is 9.93. The number of hydrogen-bond acceptors (Lipinski definition) is 4. The summed E-state index contributed by atoms with van der Waals surface area (Å²) in [6.07, 6.45) is -4.56. The van der Waals surface area contributed by atoms with E-state index in [2.05, 4.69) is 5.32 Å². The van der Waals surface area contributed by atoms with Crippen LogP contribution in [0.25, 0.3) is 11.1 Å². The summed E-state index contributed by atoms with van der Waals surface area (Å²) in [5, 5.41) is 12.4. The van der Waals surface area contributed by atoms with Crippen LogP contribution in [0.5, 0.6) is 0 Å². The maximum absolute atomic E-state index is 12.9. The fourth-order valence-corrected chi connectivity index (χ4v) is 3.50. The van der Waals surface area contributed by atoms with Crippen molar-refractivity contribution in [1.82, 2.24) is 5.32 Å². The zero-order valence-electron chi connectivity index (χ0n) is 18.3. The molecule has 8 heteroatoms. The van der Waals surface area contributed by atoms with E-state index in [9.17, 15) is 27.9 Å². The maximum atomic E-state index is 12.9. The Bertz CT molecular complexity index is 1110. The smallest absolute Gasteiger partial charge is 0.416 e. The van der Waals surface area contributed by atoms with Gasteiger partial charge in [0, 0.05) is 13.1 Å². The van der Waals surface area contributed by atoms with Crippen LogP contribution in [-0.2, 0) is 40.1 Å². The quantitative estimate of drug-likeness (QED) is 0.313. The van der Waals surface area contributed by atoms with Gasteiger partial charge in [-0.1, -0.05) is 60.7 Å². The van der Waals surface area contributed by atoms with Crippen LogP contribution in [0.15, 0.2) is 72.8 Å². The Morgan fingerprint density at radius 2 is 1.62 bits per heavy atom. The first-order valence-electron chi connectivity index (χ1n) is 10.6. The number of benzene rings is 3. The number of carbonyl (C=O) groups excluding carboxylic acids is 1. The highest BCUT2D eigenvalue weighted by molar-refractivity contribution is 5.75. The molecule has 0 aliphatic carbocycles. The highest BCUT2D eigenvalue weighted by Crippen LogP contribution is 2.32. The van der Waals surface area contributed by atoms with Gasteiger partial charge in [-0.15, -0.1) is 0 Å². The molecule has 0 spiro atoms. The van der Waals surface area contributed by atoms with Gasteiger partial charge in [0.15, 0.2) is 0 Å². The van der Waals surface area contributed by atoms with E-state index in [1.54, 1.807) is 18.2 Å². The number of nitrogens with one attached hydrogen (secondary N) is 1. The molecule has 0 aromatic heterocycles. The maximum Gasteiger partial charge on any atom is 0.416 e. The average molecular weight is 471 g/mol. The number of carboxylic acids is 1. The van der Waals surface area contributed by atoms with Crippen LogP contribution >= 0.6 is 0 Å². The average Bonchev–Trinajstić information content (AvgIpc) is 2.81. The first-order valence-corrected chi connectivity index (χ1v) is 10.6. The molecule has 3 aromatic carbocycles. The largest absolute Gasteiger partial charge is 0.481 e. The van der Waals surface area contributed by atoms with Gasteiger partial charge in [-0.2, -0.15) is 13.2 Å². The first kappa shape index (κ1) is 25.0. The van der Waals surface area contributed by atoms with E-state index in [4.69, 9.17) is 4.74 Å². The van der Waals surface area contributed by atoms with E-state index in [-0.39, 0.29) is 32.0 Å². The third kappa shape index (κ3) is 7.18. The second kappa shape index (κ2) is 11.5. The summed E-state index contributed by atoms with van der Waals surface area (Å²) in [7, 11) is 0. The molecule has 0 bridgehead atoms. The fraction of sp³-hybridized carbons (Fsp3) is 0.231. The predicted octanol–water partition coefficient (Wildman–Crippen LogP) is 5.22. The van der Waals surface area contributed by atoms with Crippen LogP contribution in [0.4, 0.5) is 13.2 Å². The van der Waals surface area contributed by atoms with Crippen molar-refractivity contribution < 1.29 is 32.6 Å². The minimum Gasteiger partial charge on any atom is -0.481 e. The molecule has 178 valence electrons. The second-order valence-corrected chi connectivity index (χ2v) is 7.66. The number of ether oxygens (including phenoxy) is 1. The van der Waals surface area contributed by atoms with Gasteiger partial charge >= 0.3 is 18.1 Å². The molecule has 3 aromatic rings. The van der Waals surface area contributed by atoms with Crippen LogP contribution in [-0.4, -0.2) is 23.6 Å².